The number of anilines is 1. The van der Waals surface area contributed by atoms with Gasteiger partial charge in [-0.05, 0) is 19.1 Å². The van der Waals surface area contributed by atoms with Crippen LogP contribution in [0.25, 0.3) is 5.65 Å². The second-order valence-corrected chi connectivity index (χ2v) is 4.79. The summed E-state index contributed by atoms with van der Waals surface area (Å²) < 4.78 is 12.7. The Morgan fingerprint density at radius 1 is 1.32 bits per heavy atom. The monoisotopic (exact) mass is 261 g/mol. The molecule has 3 rings (SSSR count). The minimum absolute atomic E-state index is 0.556. The summed E-state index contributed by atoms with van der Waals surface area (Å²) in [6.45, 7) is 6.14. The average molecular weight is 261 g/mol. The fraction of sp³-hybridized carbons (Fsp3) is 0.500. The van der Waals surface area contributed by atoms with E-state index in [-0.39, 0.29) is 0 Å². The molecule has 0 bridgehead atoms. The van der Waals surface area contributed by atoms with Gasteiger partial charge in [-0.1, -0.05) is 0 Å². The molecule has 0 N–H and O–H groups in total. The number of morpholine rings is 1. The van der Waals surface area contributed by atoms with E-state index in [4.69, 9.17) is 9.47 Å². The Morgan fingerprint density at radius 3 is 2.84 bits per heavy atom. The van der Waals surface area contributed by atoms with Crippen molar-refractivity contribution in [1.29, 1.82) is 0 Å². The number of rotatable bonds is 3. The smallest absolute Gasteiger partial charge is 0.137 e. The van der Waals surface area contributed by atoms with E-state index in [2.05, 4.69) is 39.5 Å². The second-order valence-electron chi connectivity index (χ2n) is 4.79. The van der Waals surface area contributed by atoms with Gasteiger partial charge in [0, 0.05) is 32.1 Å². The van der Waals surface area contributed by atoms with Crippen LogP contribution in [0.3, 0.4) is 0 Å². The molecule has 1 fully saturated rings. The standard InChI is InChI=1S/C14H19N3O2/c1-11-13(10-18-2)15-14-4-3-12(9-17(11)14)16-5-7-19-8-6-16/h3-4,9H,5-8,10H2,1-2H3. The van der Waals surface area contributed by atoms with Gasteiger partial charge >= 0.3 is 0 Å². The Morgan fingerprint density at radius 2 is 2.11 bits per heavy atom. The molecule has 1 saturated heterocycles. The van der Waals surface area contributed by atoms with Gasteiger partial charge < -0.3 is 18.8 Å². The summed E-state index contributed by atoms with van der Waals surface area (Å²) in [6.07, 6.45) is 2.15. The topological polar surface area (TPSA) is 39.0 Å². The number of ether oxygens (including phenoxy) is 2. The predicted molar refractivity (Wildman–Crippen MR) is 73.7 cm³/mol. The quantitative estimate of drug-likeness (QED) is 0.841. The van der Waals surface area contributed by atoms with E-state index in [0.29, 0.717) is 6.61 Å². The number of aryl methyl sites for hydroxylation is 1. The molecule has 0 amide bonds. The number of fused-ring (bicyclic) bond motifs is 1. The van der Waals surface area contributed by atoms with E-state index in [0.717, 1.165) is 43.3 Å². The third-order valence-electron chi connectivity index (χ3n) is 3.60. The molecule has 0 spiro atoms. The SMILES string of the molecule is COCc1nc2ccc(N3CCOCC3)cn2c1C. The Kier molecular flexibility index (Phi) is 3.40. The van der Waals surface area contributed by atoms with Crippen LogP contribution in [-0.2, 0) is 16.1 Å². The zero-order valence-electron chi connectivity index (χ0n) is 11.4. The lowest BCUT2D eigenvalue weighted by Crippen LogP contribution is -2.36. The van der Waals surface area contributed by atoms with E-state index < -0.39 is 0 Å². The lowest BCUT2D eigenvalue weighted by atomic mass is 10.3. The zero-order chi connectivity index (χ0) is 13.2. The number of nitrogens with zero attached hydrogens (tertiary/aromatic N) is 3. The normalized spacial score (nSPS) is 16.2. The van der Waals surface area contributed by atoms with Crippen LogP contribution in [0.1, 0.15) is 11.4 Å². The average Bonchev–Trinajstić information content (AvgIpc) is 2.77. The fourth-order valence-electron chi connectivity index (χ4n) is 2.48. The summed E-state index contributed by atoms with van der Waals surface area (Å²) in [6, 6.07) is 4.20. The fourth-order valence-corrected chi connectivity index (χ4v) is 2.48. The maximum atomic E-state index is 5.39. The molecule has 19 heavy (non-hydrogen) atoms. The molecule has 102 valence electrons. The summed E-state index contributed by atoms with van der Waals surface area (Å²) in [5.74, 6) is 0. The maximum Gasteiger partial charge on any atom is 0.137 e. The molecule has 5 heteroatoms. The van der Waals surface area contributed by atoms with Gasteiger partial charge in [-0.25, -0.2) is 4.98 Å². The van der Waals surface area contributed by atoms with Crippen molar-refractivity contribution in [3.05, 3.63) is 29.7 Å². The second kappa shape index (κ2) is 5.19. The molecule has 3 heterocycles. The first-order valence-electron chi connectivity index (χ1n) is 6.59. The van der Waals surface area contributed by atoms with Crippen LogP contribution in [0.4, 0.5) is 5.69 Å². The number of aromatic nitrogens is 2. The van der Waals surface area contributed by atoms with Crippen molar-refractivity contribution in [1.82, 2.24) is 9.38 Å². The van der Waals surface area contributed by atoms with Crippen molar-refractivity contribution in [2.24, 2.45) is 0 Å². The van der Waals surface area contributed by atoms with Crippen molar-refractivity contribution >= 4 is 11.3 Å². The van der Waals surface area contributed by atoms with E-state index in [1.807, 2.05) is 0 Å². The van der Waals surface area contributed by atoms with Crippen LogP contribution < -0.4 is 4.90 Å². The van der Waals surface area contributed by atoms with Gasteiger partial charge in [0.2, 0.25) is 0 Å². The first-order valence-corrected chi connectivity index (χ1v) is 6.59. The van der Waals surface area contributed by atoms with Gasteiger partial charge in [0.15, 0.2) is 0 Å². The van der Waals surface area contributed by atoms with E-state index in [1.165, 1.54) is 5.69 Å². The highest BCUT2D eigenvalue weighted by Gasteiger charge is 2.13. The number of hydrogen-bond donors (Lipinski definition) is 0. The molecule has 2 aromatic heterocycles. The van der Waals surface area contributed by atoms with Crippen LogP contribution in [0.15, 0.2) is 18.3 Å². The van der Waals surface area contributed by atoms with Gasteiger partial charge in [-0.2, -0.15) is 0 Å². The zero-order valence-corrected chi connectivity index (χ0v) is 11.4. The molecule has 1 aliphatic rings. The van der Waals surface area contributed by atoms with Crippen molar-refractivity contribution in [2.45, 2.75) is 13.5 Å². The predicted octanol–water partition coefficient (Wildman–Crippen LogP) is 1.63. The molecule has 1 aliphatic heterocycles. The molecule has 5 nitrogen and oxygen atoms in total. The van der Waals surface area contributed by atoms with Crippen LogP contribution in [0.2, 0.25) is 0 Å². The van der Waals surface area contributed by atoms with E-state index in [1.54, 1.807) is 7.11 Å². The summed E-state index contributed by atoms with van der Waals surface area (Å²) in [4.78, 5) is 6.93. The lowest BCUT2D eigenvalue weighted by molar-refractivity contribution is 0.122. The Labute approximate surface area is 112 Å². The van der Waals surface area contributed by atoms with Gasteiger partial charge in [-0.15, -0.1) is 0 Å². The third kappa shape index (κ3) is 2.31. The summed E-state index contributed by atoms with van der Waals surface area (Å²) in [5, 5.41) is 0. The first kappa shape index (κ1) is 12.4. The van der Waals surface area contributed by atoms with Crippen LogP contribution >= 0.6 is 0 Å². The molecule has 0 aromatic carbocycles. The van der Waals surface area contributed by atoms with Crippen LogP contribution in [0.5, 0.6) is 0 Å². The van der Waals surface area contributed by atoms with E-state index in [9.17, 15) is 0 Å². The van der Waals surface area contributed by atoms with Crippen molar-refractivity contribution in [2.75, 3.05) is 38.3 Å². The highest BCUT2D eigenvalue weighted by molar-refractivity contribution is 5.54. The van der Waals surface area contributed by atoms with Crippen molar-refractivity contribution in [3.63, 3.8) is 0 Å². The molecular weight excluding hydrogens is 242 g/mol. The van der Waals surface area contributed by atoms with Crippen molar-refractivity contribution < 1.29 is 9.47 Å². The molecule has 0 atom stereocenters. The van der Waals surface area contributed by atoms with Gasteiger partial charge in [-0.3, -0.25) is 0 Å². The molecule has 2 aromatic rings. The Hall–Kier alpha value is -1.59. The van der Waals surface area contributed by atoms with Crippen molar-refractivity contribution in [3.8, 4) is 0 Å². The Bertz CT molecular complexity index is 573. The first-order chi connectivity index (χ1) is 9.29. The molecule has 0 aliphatic carbocycles. The molecule has 0 radical (unpaired) electrons. The highest BCUT2D eigenvalue weighted by atomic mass is 16.5. The van der Waals surface area contributed by atoms with Crippen LogP contribution in [-0.4, -0.2) is 42.8 Å². The minimum atomic E-state index is 0.556. The number of hydrogen-bond acceptors (Lipinski definition) is 4. The van der Waals surface area contributed by atoms with Gasteiger partial charge in [0.1, 0.15) is 5.65 Å². The third-order valence-corrected chi connectivity index (χ3v) is 3.60. The van der Waals surface area contributed by atoms with Gasteiger partial charge in [0.05, 0.1) is 31.2 Å². The summed E-state index contributed by atoms with van der Waals surface area (Å²) in [7, 11) is 1.70. The minimum Gasteiger partial charge on any atom is -0.378 e. The number of pyridine rings is 1. The van der Waals surface area contributed by atoms with Crippen LogP contribution in [0, 0.1) is 6.92 Å². The maximum absolute atomic E-state index is 5.39. The lowest BCUT2D eigenvalue weighted by Gasteiger charge is -2.28. The summed E-state index contributed by atoms with van der Waals surface area (Å²) >= 11 is 0. The molecule has 0 unspecified atom stereocenters. The Balaban J connectivity index is 1.97. The largest absolute Gasteiger partial charge is 0.378 e. The molecule has 0 saturated carbocycles. The van der Waals surface area contributed by atoms with E-state index >= 15 is 0 Å². The molecular formula is C14H19N3O2. The summed E-state index contributed by atoms with van der Waals surface area (Å²) in [5.41, 5.74) is 4.34. The highest BCUT2D eigenvalue weighted by Crippen LogP contribution is 2.20. The number of imidazole rings is 1. The number of methoxy groups -OCH3 is 1. The van der Waals surface area contributed by atoms with Gasteiger partial charge in [0.25, 0.3) is 0 Å².